The monoisotopic (exact) mass is 742 g/mol. The van der Waals surface area contributed by atoms with Crippen LogP contribution in [0, 0.1) is 25.7 Å². The largest absolute Gasteiger partial charge is 0.496 e. The fraction of sp³-hybridized carbons (Fsp3) is 0.360. The highest BCUT2D eigenvalue weighted by molar-refractivity contribution is 6.01. The van der Waals surface area contributed by atoms with Crippen molar-refractivity contribution >= 4 is 44.4 Å². The lowest BCUT2D eigenvalue weighted by atomic mass is 9.66. The second kappa shape index (κ2) is 13.7. The van der Waals surface area contributed by atoms with E-state index in [1.54, 1.807) is 14.2 Å². The molecule has 2 atom stereocenters. The zero-order chi connectivity index (χ0) is 39.2. The highest BCUT2D eigenvalue weighted by Crippen LogP contribution is 2.47. The van der Waals surface area contributed by atoms with Crippen LogP contribution in [0.25, 0.3) is 55.5 Å². The summed E-state index contributed by atoms with van der Waals surface area (Å²) < 4.78 is 11.7. The SMILES string of the molecule is CCc1c(C)c2cc3nc(c(-c4ccc5c(c4)C[C@@H]4Cc6c(OC)ccc(OC)c6C[C@H]4C5)c4nc(cc5[nH]c(cc1[nH]2)c(CC)c5C)C(C)=C4C)C(C)=C3C. The van der Waals surface area contributed by atoms with Gasteiger partial charge >= 0.3 is 0 Å². The first-order chi connectivity index (χ1) is 27.0. The summed E-state index contributed by atoms with van der Waals surface area (Å²) in [5.74, 6) is 3.08. The lowest BCUT2D eigenvalue weighted by molar-refractivity contribution is 0.274. The van der Waals surface area contributed by atoms with Gasteiger partial charge in [0, 0.05) is 38.8 Å². The molecule has 8 bridgehead atoms. The number of aryl methyl sites for hydroxylation is 4. The van der Waals surface area contributed by atoms with Crippen molar-refractivity contribution in [3.8, 4) is 22.6 Å². The quantitative estimate of drug-likeness (QED) is 0.188. The Morgan fingerprint density at radius 2 is 1.04 bits per heavy atom. The molecule has 2 aliphatic carbocycles. The molecule has 5 aromatic rings. The van der Waals surface area contributed by atoms with Crippen LogP contribution in [0.5, 0.6) is 11.5 Å². The average molecular weight is 743 g/mol. The van der Waals surface area contributed by atoms with Crippen molar-refractivity contribution in [2.45, 2.75) is 93.9 Å². The van der Waals surface area contributed by atoms with E-state index in [0.29, 0.717) is 11.8 Å². The number of fused-ring (bicyclic) bond motifs is 11. The number of allylic oxidation sites excluding steroid dienone is 4. The predicted octanol–water partition coefficient (Wildman–Crippen LogP) is 11.8. The number of benzene rings is 2. The summed E-state index contributed by atoms with van der Waals surface area (Å²) in [6.45, 7) is 17.9. The van der Waals surface area contributed by atoms with Crippen molar-refractivity contribution in [2.24, 2.45) is 11.8 Å². The van der Waals surface area contributed by atoms with E-state index in [1.165, 1.54) is 72.4 Å². The molecule has 3 aromatic heterocycles. The standard InChI is InChI=1S/C50H54N4O2/c1-11-36-29(7)42-22-40-25(3)27(5)49(53-40)48(50-28(6)26(4)41(54-50)23-43-30(8)37(12-2)45(52-43)24-44(36)51-42)32-14-13-31-17-34-20-38-39(21-35(34)19-33(31)18-32)47(56-10)16-15-46(38)55-9/h13-16,18,22-24,34-35,51-52H,11-12,17,19-21H2,1-10H3/t34-,35-/m1/s1. The minimum atomic E-state index is 0.541. The van der Waals surface area contributed by atoms with Gasteiger partial charge in [0.25, 0.3) is 0 Å². The number of rotatable bonds is 5. The minimum Gasteiger partial charge on any atom is -0.496 e. The third-order valence-electron chi connectivity index (χ3n) is 13.8. The molecule has 6 heteroatoms. The molecule has 5 heterocycles. The fourth-order valence-electron chi connectivity index (χ4n) is 10.2. The molecule has 0 spiro atoms. The third-order valence-corrected chi connectivity index (χ3v) is 13.8. The molecule has 0 fully saturated rings. The number of methoxy groups -OCH3 is 2. The van der Waals surface area contributed by atoms with Gasteiger partial charge in [0.05, 0.1) is 37.0 Å². The molecule has 0 amide bonds. The molecular formula is C50H54N4O2. The first-order valence-electron chi connectivity index (χ1n) is 20.5. The maximum atomic E-state index is 5.88. The zero-order valence-electron chi connectivity index (χ0n) is 34.7. The zero-order valence-corrected chi connectivity index (χ0v) is 34.7. The van der Waals surface area contributed by atoms with Crippen molar-refractivity contribution in [3.05, 3.63) is 116 Å². The van der Waals surface area contributed by atoms with Crippen LogP contribution < -0.4 is 9.47 Å². The Labute approximate surface area is 331 Å². The van der Waals surface area contributed by atoms with Gasteiger partial charge in [-0.25, -0.2) is 9.97 Å². The first-order valence-corrected chi connectivity index (χ1v) is 20.5. The number of aromatic amines is 2. The Hall–Kier alpha value is -5.36. The number of hydrogen-bond donors (Lipinski definition) is 2. The van der Waals surface area contributed by atoms with Crippen molar-refractivity contribution in [2.75, 3.05) is 14.2 Å². The Morgan fingerprint density at radius 1 is 0.554 bits per heavy atom. The number of hydrogen-bond acceptors (Lipinski definition) is 4. The van der Waals surface area contributed by atoms with Gasteiger partial charge in [0.2, 0.25) is 0 Å². The smallest absolute Gasteiger partial charge is 0.122 e. The number of H-pyrrole nitrogens is 2. The van der Waals surface area contributed by atoms with Crippen molar-refractivity contribution in [1.29, 1.82) is 0 Å². The summed E-state index contributed by atoms with van der Waals surface area (Å²) in [5.41, 5.74) is 26.5. The Bertz CT molecular complexity index is 2600. The average Bonchev–Trinajstić information content (AvgIpc) is 3.85. The van der Waals surface area contributed by atoms with Crippen LogP contribution in [0.2, 0.25) is 0 Å². The topological polar surface area (TPSA) is 75.8 Å². The van der Waals surface area contributed by atoms with Crippen LogP contribution in [0.3, 0.4) is 0 Å². The Morgan fingerprint density at radius 3 is 1.50 bits per heavy atom. The summed E-state index contributed by atoms with van der Waals surface area (Å²) in [4.78, 5) is 18.7. The summed E-state index contributed by atoms with van der Waals surface area (Å²) in [6.07, 6.45) is 6.02. The fourth-order valence-corrected chi connectivity index (χ4v) is 10.2. The van der Waals surface area contributed by atoms with Gasteiger partial charge in [-0.15, -0.1) is 0 Å². The Balaban J connectivity index is 1.28. The van der Waals surface area contributed by atoms with E-state index >= 15 is 0 Å². The van der Waals surface area contributed by atoms with Gasteiger partial charge in [-0.2, -0.15) is 0 Å². The number of nitrogens with zero attached hydrogens (tertiary/aromatic N) is 2. The van der Waals surface area contributed by atoms with Crippen molar-refractivity contribution < 1.29 is 9.47 Å². The normalized spacial score (nSPS) is 17.5. The summed E-state index contributed by atoms with van der Waals surface area (Å²) in [6, 6.07) is 18.2. The number of nitrogens with one attached hydrogen (secondary N) is 2. The molecule has 0 unspecified atom stereocenters. The molecule has 9 rings (SSSR count). The molecular weight excluding hydrogens is 689 g/mol. The number of aromatic nitrogens is 4. The molecule has 4 aliphatic rings. The van der Waals surface area contributed by atoms with Gasteiger partial charge in [0.1, 0.15) is 11.5 Å². The van der Waals surface area contributed by atoms with Crippen LogP contribution in [-0.4, -0.2) is 34.2 Å². The molecule has 6 nitrogen and oxygen atoms in total. The number of ether oxygens (including phenoxy) is 2. The highest BCUT2D eigenvalue weighted by atomic mass is 16.5. The molecule has 0 radical (unpaired) electrons. The third kappa shape index (κ3) is 5.58. The van der Waals surface area contributed by atoms with Crippen molar-refractivity contribution in [3.63, 3.8) is 0 Å². The second-order valence-corrected chi connectivity index (χ2v) is 16.6. The van der Waals surface area contributed by atoms with Gasteiger partial charge in [-0.05, 0) is 183 Å². The van der Waals surface area contributed by atoms with E-state index in [2.05, 4.69) is 114 Å². The van der Waals surface area contributed by atoms with Crippen molar-refractivity contribution in [1.82, 2.24) is 19.9 Å². The molecule has 0 saturated carbocycles. The van der Waals surface area contributed by atoms with E-state index in [0.717, 1.165) is 100 Å². The van der Waals surface area contributed by atoms with Crippen LogP contribution in [0.15, 0.2) is 48.5 Å². The Kier molecular flexibility index (Phi) is 8.87. The van der Waals surface area contributed by atoms with E-state index in [-0.39, 0.29) is 0 Å². The second-order valence-electron chi connectivity index (χ2n) is 16.6. The summed E-state index contributed by atoms with van der Waals surface area (Å²) >= 11 is 0. The molecule has 0 saturated heterocycles. The van der Waals surface area contributed by atoms with Crippen LogP contribution >= 0.6 is 0 Å². The maximum Gasteiger partial charge on any atom is 0.122 e. The van der Waals surface area contributed by atoms with E-state index in [4.69, 9.17) is 19.4 Å². The first kappa shape index (κ1) is 36.3. The highest BCUT2D eigenvalue weighted by Gasteiger charge is 2.36. The molecule has 286 valence electrons. The lowest BCUT2D eigenvalue weighted by Crippen LogP contribution is -2.33. The predicted molar refractivity (Wildman–Crippen MR) is 232 cm³/mol. The van der Waals surface area contributed by atoms with E-state index < -0.39 is 0 Å². The molecule has 2 N–H and O–H groups in total. The van der Waals surface area contributed by atoms with E-state index in [1.807, 2.05) is 0 Å². The van der Waals surface area contributed by atoms with Crippen LogP contribution in [-0.2, 0) is 38.5 Å². The maximum absolute atomic E-state index is 5.88. The van der Waals surface area contributed by atoms with Crippen LogP contribution in [0.4, 0.5) is 0 Å². The lowest BCUT2D eigenvalue weighted by Gasteiger charge is -2.39. The molecule has 56 heavy (non-hydrogen) atoms. The van der Waals surface area contributed by atoms with E-state index in [9.17, 15) is 0 Å². The summed E-state index contributed by atoms with van der Waals surface area (Å²) in [7, 11) is 3.57. The molecule has 2 aliphatic heterocycles. The molecule has 2 aromatic carbocycles. The summed E-state index contributed by atoms with van der Waals surface area (Å²) in [5, 5.41) is 0. The van der Waals surface area contributed by atoms with Gasteiger partial charge in [-0.1, -0.05) is 32.0 Å². The van der Waals surface area contributed by atoms with Gasteiger partial charge in [-0.3, -0.25) is 0 Å². The van der Waals surface area contributed by atoms with Crippen LogP contribution in [0.1, 0.15) is 109 Å². The van der Waals surface area contributed by atoms with Gasteiger partial charge < -0.3 is 19.4 Å². The van der Waals surface area contributed by atoms with Gasteiger partial charge in [0.15, 0.2) is 0 Å². The minimum absolute atomic E-state index is 0.541.